The number of carbonyl (C=O) groups is 1. The maximum atomic E-state index is 11.5. The molecule has 4 heteroatoms. The minimum Gasteiger partial charge on any atom is -0.469 e. The van der Waals surface area contributed by atoms with Crippen LogP contribution in [-0.4, -0.2) is 26.0 Å². The van der Waals surface area contributed by atoms with Crippen LogP contribution < -0.4 is 0 Å². The molecule has 94 valence electrons. The van der Waals surface area contributed by atoms with Gasteiger partial charge in [-0.05, 0) is 19.1 Å². The highest BCUT2D eigenvalue weighted by molar-refractivity contribution is 8.00. The van der Waals surface area contributed by atoms with Gasteiger partial charge in [-0.1, -0.05) is 37.3 Å². The van der Waals surface area contributed by atoms with Gasteiger partial charge in [-0.2, -0.15) is 0 Å². The summed E-state index contributed by atoms with van der Waals surface area (Å²) in [7, 11) is -1.29. The Bertz CT molecular complexity index is 368. The first-order valence-corrected chi connectivity index (χ1v) is 10.4. The van der Waals surface area contributed by atoms with Crippen molar-refractivity contribution < 1.29 is 9.53 Å². The number of rotatable bonds is 5. The van der Waals surface area contributed by atoms with Crippen LogP contribution in [0.5, 0.6) is 0 Å². The number of hydrogen-bond donors (Lipinski definition) is 0. The van der Waals surface area contributed by atoms with Crippen LogP contribution in [0.15, 0.2) is 29.2 Å². The van der Waals surface area contributed by atoms with Crippen molar-refractivity contribution in [3.05, 3.63) is 29.8 Å². The summed E-state index contributed by atoms with van der Waals surface area (Å²) < 4.78 is 5.25. The van der Waals surface area contributed by atoms with E-state index in [1.54, 1.807) is 0 Å². The van der Waals surface area contributed by atoms with Gasteiger partial charge in [0.2, 0.25) is 0 Å². The molecule has 0 saturated heterocycles. The van der Waals surface area contributed by atoms with Gasteiger partial charge in [0.1, 0.15) is 0 Å². The van der Waals surface area contributed by atoms with Crippen LogP contribution in [0, 0.1) is 6.92 Å². The normalized spacial score (nSPS) is 11.3. The molecule has 0 aromatic heterocycles. The van der Waals surface area contributed by atoms with Gasteiger partial charge in [-0.25, -0.2) is 0 Å². The molecule has 0 aliphatic heterocycles. The summed E-state index contributed by atoms with van der Waals surface area (Å²) in [5.74, 6) is 0.283. The van der Waals surface area contributed by atoms with Crippen molar-refractivity contribution >= 4 is 25.8 Å². The largest absolute Gasteiger partial charge is 0.469 e. The SMILES string of the molecule is Cc1ccc(SCC(=O)OC[Si](C)(C)C)cc1. The quantitative estimate of drug-likeness (QED) is 0.464. The Balaban J connectivity index is 2.31. The summed E-state index contributed by atoms with van der Waals surface area (Å²) in [5, 5.41) is 0. The van der Waals surface area contributed by atoms with E-state index in [-0.39, 0.29) is 5.97 Å². The molecule has 0 N–H and O–H groups in total. The van der Waals surface area contributed by atoms with Crippen LogP contribution in [0.3, 0.4) is 0 Å². The lowest BCUT2D eigenvalue weighted by Crippen LogP contribution is -2.30. The number of benzene rings is 1. The second kappa shape index (κ2) is 6.26. The predicted octanol–water partition coefficient (Wildman–Crippen LogP) is 3.51. The van der Waals surface area contributed by atoms with Gasteiger partial charge in [-0.3, -0.25) is 4.79 Å². The van der Waals surface area contributed by atoms with Gasteiger partial charge < -0.3 is 4.74 Å². The lowest BCUT2D eigenvalue weighted by atomic mass is 10.2. The van der Waals surface area contributed by atoms with E-state index in [0.29, 0.717) is 12.0 Å². The molecule has 0 heterocycles. The van der Waals surface area contributed by atoms with Crippen LogP contribution in [0.4, 0.5) is 0 Å². The van der Waals surface area contributed by atoms with Gasteiger partial charge in [0.25, 0.3) is 0 Å². The summed E-state index contributed by atoms with van der Waals surface area (Å²) in [4.78, 5) is 12.6. The Kier molecular flexibility index (Phi) is 5.27. The van der Waals surface area contributed by atoms with E-state index in [4.69, 9.17) is 4.74 Å². The summed E-state index contributed by atoms with van der Waals surface area (Å²) in [6, 6.07) is 8.17. The molecular formula is C13H20O2SSi. The molecule has 0 aliphatic carbocycles. The molecule has 0 saturated carbocycles. The molecule has 1 aromatic carbocycles. The number of thioether (sulfide) groups is 1. The lowest BCUT2D eigenvalue weighted by Gasteiger charge is -2.15. The Hall–Kier alpha value is -0.743. The average molecular weight is 268 g/mol. The molecule has 0 unspecified atom stereocenters. The van der Waals surface area contributed by atoms with Gasteiger partial charge in [0.05, 0.1) is 20.1 Å². The zero-order valence-electron chi connectivity index (χ0n) is 10.9. The number of carbonyl (C=O) groups excluding carboxylic acids is 1. The summed E-state index contributed by atoms with van der Waals surface area (Å²) in [6.45, 7) is 8.62. The van der Waals surface area contributed by atoms with Crippen molar-refractivity contribution in [3.63, 3.8) is 0 Å². The van der Waals surface area contributed by atoms with E-state index in [1.807, 2.05) is 12.1 Å². The first kappa shape index (κ1) is 14.3. The van der Waals surface area contributed by atoms with Gasteiger partial charge >= 0.3 is 5.97 Å². The Labute approximate surface area is 109 Å². The molecule has 1 rings (SSSR count). The second-order valence-corrected chi connectivity index (χ2v) is 11.8. The van der Waals surface area contributed by atoms with E-state index in [1.165, 1.54) is 17.3 Å². The molecule has 2 nitrogen and oxygen atoms in total. The first-order valence-electron chi connectivity index (χ1n) is 5.72. The van der Waals surface area contributed by atoms with Crippen molar-refractivity contribution in [2.24, 2.45) is 0 Å². The third-order valence-electron chi connectivity index (χ3n) is 2.04. The van der Waals surface area contributed by atoms with Crippen molar-refractivity contribution in [1.82, 2.24) is 0 Å². The molecular weight excluding hydrogens is 248 g/mol. The topological polar surface area (TPSA) is 26.3 Å². The van der Waals surface area contributed by atoms with Crippen LogP contribution in [0.2, 0.25) is 19.6 Å². The fourth-order valence-electron chi connectivity index (χ4n) is 1.12. The average Bonchev–Trinajstić information content (AvgIpc) is 2.25. The molecule has 0 fully saturated rings. The number of hydrogen-bond acceptors (Lipinski definition) is 3. The lowest BCUT2D eigenvalue weighted by molar-refractivity contribution is -0.138. The predicted molar refractivity (Wildman–Crippen MR) is 76.2 cm³/mol. The molecule has 0 spiro atoms. The minimum absolute atomic E-state index is 0.113. The molecule has 0 atom stereocenters. The summed E-state index contributed by atoms with van der Waals surface area (Å²) in [6.07, 6.45) is 0.611. The van der Waals surface area contributed by atoms with Gasteiger partial charge in [0.15, 0.2) is 0 Å². The standard InChI is InChI=1S/C13H20O2SSi/c1-11-5-7-12(8-6-11)16-9-13(14)15-10-17(2,3)4/h5-8H,9-10H2,1-4H3. The number of esters is 1. The van der Waals surface area contributed by atoms with Gasteiger partial charge in [-0.15, -0.1) is 11.8 Å². The molecule has 0 amide bonds. The monoisotopic (exact) mass is 268 g/mol. The third kappa shape index (κ3) is 6.53. The van der Waals surface area contributed by atoms with E-state index in [0.717, 1.165) is 4.90 Å². The fraction of sp³-hybridized carbons (Fsp3) is 0.462. The van der Waals surface area contributed by atoms with Crippen molar-refractivity contribution in [3.8, 4) is 0 Å². The highest BCUT2D eigenvalue weighted by Gasteiger charge is 2.16. The summed E-state index contributed by atoms with van der Waals surface area (Å²) in [5.41, 5.74) is 1.23. The van der Waals surface area contributed by atoms with Crippen LogP contribution in [0.25, 0.3) is 0 Å². The highest BCUT2D eigenvalue weighted by atomic mass is 32.2. The fourth-order valence-corrected chi connectivity index (χ4v) is 2.41. The van der Waals surface area contributed by atoms with Crippen molar-refractivity contribution in [1.29, 1.82) is 0 Å². The molecule has 17 heavy (non-hydrogen) atoms. The second-order valence-electron chi connectivity index (χ2n) is 5.32. The van der Waals surface area contributed by atoms with E-state index in [9.17, 15) is 4.79 Å². The third-order valence-corrected chi connectivity index (χ3v) is 4.04. The van der Waals surface area contributed by atoms with E-state index in [2.05, 4.69) is 38.7 Å². The van der Waals surface area contributed by atoms with Crippen LogP contribution in [0.1, 0.15) is 5.56 Å². The van der Waals surface area contributed by atoms with E-state index < -0.39 is 8.07 Å². The zero-order valence-corrected chi connectivity index (χ0v) is 12.8. The maximum Gasteiger partial charge on any atom is 0.315 e. The Morgan fingerprint density at radius 1 is 1.24 bits per heavy atom. The molecule has 0 radical (unpaired) electrons. The number of ether oxygens (including phenoxy) is 1. The number of aryl methyl sites for hydroxylation is 1. The van der Waals surface area contributed by atoms with Crippen molar-refractivity contribution in [2.75, 3.05) is 12.0 Å². The van der Waals surface area contributed by atoms with Gasteiger partial charge in [0, 0.05) is 4.90 Å². The van der Waals surface area contributed by atoms with E-state index >= 15 is 0 Å². The maximum absolute atomic E-state index is 11.5. The minimum atomic E-state index is -1.29. The molecule has 0 bridgehead atoms. The van der Waals surface area contributed by atoms with Crippen LogP contribution >= 0.6 is 11.8 Å². The molecule has 1 aromatic rings. The molecule has 0 aliphatic rings. The summed E-state index contributed by atoms with van der Waals surface area (Å²) >= 11 is 1.53. The van der Waals surface area contributed by atoms with Crippen molar-refractivity contribution in [2.45, 2.75) is 31.5 Å². The first-order chi connectivity index (χ1) is 7.87. The Morgan fingerprint density at radius 3 is 2.35 bits per heavy atom. The van der Waals surface area contributed by atoms with Crippen LogP contribution in [-0.2, 0) is 9.53 Å². The highest BCUT2D eigenvalue weighted by Crippen LogP contribution is 2.18. The zero-order chi connectivity index (χ0) is 12.9. The smallest absolute Gasteiger partial charge is 0.315 e. The Morgan fingerprint density at radius 2 is 1.82 bits per heavy atom.